The molecule has 0 spiro atoms. The third kappa shape index (κ3) is 3.49. The lowest BCUT2D eigenvalue weighted by Crippen LogP contribution is -2.35. The fourth-order valence-corrected chi connectivity index (χ4v) is 3.16. The first-order chi connectivity index (χ1) is 8.70. The van der Waals surface area contributed by atoms with Crippen LogP contribution in [0.3, 0.4) is 0 Å². The lowest BCUT2D eigenvalue weighted by atomic mass is 10.0. The maximum atomic E-state index is 6.14. The minimum atomic E-state index is 0.564. The van der Waals surface area contributed by atoms with Crippen molar-refractivity contribution < 1.29 is 0 Å². The van der Waals surface area contributed by atoms with Crippen molar-refractivity contribution in [1.82, 2.24) is 4.90 Å². The van der Waals surface area contributed by atoms with Gasteiger partial charge in [-0.3, -0.25) is 4.90 Å². The van der Waals surface area contributed by atoms with Gasteiger partial charge in [-0.15, -0.1) is 11.6 Å². The second-order valence-electron chi connectivity index (χ2n) is 5.56. The van der Waals surface area contributed by atoms with E-state index in [1.165, 1.54) is 48.9 Å². The normalized spacial score (nSPS) is 21.8. The third-order valence-corrected chi connectivity index (χ3v) is 4.41. The van der Waals surface area contributed by atoms with E-state index in [1.54, 1.807) is 0 Å². The smallest absolute Gasteiger partial charge is 0.0379 e. The maximum absolute atomic E-state index is 6.14. The topological polar surface area (TPSA) is 3.24 Å². The highest BCUT2D eigenvalue weighted by Gasteiger charge is 2.20. The van der Waals surface area contributed by atoms with E-state index in [0.29, 0.717) is 6.04 Å². The Kier molecular flexibility index (Phi) is 5.08. The zero-order valence-electron chi connectivity index (χ0n) is 11.6. The Morgan fingerprint density at radius 1 is 1.22 bits per heavy atom. The Labute approximate surface area is 116 Å². The number of rotatable bonds is 3. The molecule has 0 aliphatic carbocycles. The van der Waals surface area contributed by atoms with Gasteiger partial charge in [0.25, 0.3) is 0 Å². The molecule has 1 aliphatic heterocycles. The molecule has 1 saturated heterocycles. The van der Waals surface area contributed by atoms with Crippen molar-refractivity contribution >= 4 is 11.6 Å². The van der Waals surface area contributed by atoms with Crippen molar-refractivity contribution in [1.29, 1.82) is 0 Å². The molecular weight excluding hydrogens is 242 g/mol. The van der Waals surface area contributed by atoms with Crippen LogP contribution >= 0.6 is 11.6 Å². The van der Waals surface area contributed by atoms with E-state index < -0.39 is 0 Å². The van der Waals surface area contributed by atoms with Gasteiger partial charge in [0.2, 0.25) is 0 Å². The number of aryl methyl sites for hydroxylation is 2. The number of alkyl halides is 1. The molecule has 0 bridgehead atoms. The lowest BCUT2D eigenvalue weighted by molar-refractivity contribution is 0.207. The van der Waals surface area contributed by atoms with Crippen LogP contribution in [0, 0.1) is 13.8 Å². The molecule has 0 amide bonds. The Balaban J connectivity index is 2.12. The number of nitrogens with zero attached hydrogens (tertiary/aromatic N) is 1. The van der Waals surface area contributed by atoms with Gasteiger partial charge < -0.3 is 0 Å². The standard InChI is InChI=1S/C16H24ClN/c1-13-7-8-14(2)15(10-13)12-18-9-5-3-4-6-16(18)11-17/h7-8,10,16H,3-6,9,11-12H2,1-2H3. The summed E-state index contributed by atoms with van der Waals surface area (Å²) in [7, 11) is 0. The molecule has 100 valence electrons. The van der Waals surface area contributed by atoms with Crippen LogP contribution in [-0.2, 0) is 6.54 Å². The van der Waals surface area contributed by atoms with Crippen molar-refractivity contribution in [2.45, 2.75) is 52.1 Å². The number of halogens is 1. The van der Waals surface area contributed by atoms with E-state index in [0.717, 1.165) is 12.4 Å². The number of likely N-dealkylation sites (tertiary alicyclic amines) is 1. The largest absolute Gasteiger partial charge is 0.295 e. The maximum Gasteiger partial charge on any atom is 0.0379 e. The molecule has 18 heavy (non-hydrogen) atoms. The fraction of sp³-hybridized carbons (Fsp3) is 0.625. The average Bonchev–Trinajstić information content (AvgIpc) is 2.59. The Morgan fingerprint density at radius 2 is 2.06 bits per heavy atom. The van der Waals surface area contributed by atoms with E-state index in [9.17, 15) is 0 Å². The van der Waals surface area contributed by atoms with Crippen molar-refractivity contribution in [3.05, 3.63) is 34.9 Å². The summed E-state index contributed by atoms with van der Waals surface area (Å²) in [6.07, 6.45) is 5.27. The van der Waals surface area contributed by atoms with Crippen LogP contribution in [0.4, 0.5) is 0 Å². The highest BCUT2D eigenvalue weighted by molar-refractivity contribution is 6.18. The van der Waals surface area contributed by atoms with Gasteiger partial charge in [0.15, 0.2) is 0 Å². The molecule has 1 unspecified atom stereocenters. The number of hydrogen-bond donors (Lipinski definition) is 0. The zero-order chi connectivity index (χ0) is 13.0. The summed E-state index contributed by atoms with van der Waals surface area (Å²) in [5.41, 5.74) is 4.22. The molecule has 2 rings (SSSR count). The molecule has 2 heteroatoms. The Hall–Kier alpha value is -0.530. The summed E-state index contributed by atoms with van der Waals surface area (Å²) < 4.78 is 0. The van der Waals surface area contributed by atoms with E-state index in [1.807, 2.05) is 0 Å². The van der Waals surface area contributed by atoms with Crippen molar-refractivity contribution in [2.75, 3.05) is 12.4 Å². The first kappa shape index (κ1) is 13.9. The van der Waals surface area contributed by atoms with Crippen molar-refractivity contribution in [2.24, 2.45) is 0 Å². The molecule has 0 N–H and O–H groups in total. The summed E-state index contributed by atoms with van der Waals surface area (Å²) in [4.78, 5) is 2.59. The quantitative estimate of drug-likeness (QED) is 0.737. The monoisotopic (exact) mass is 265 g/mol. The lowest BCUT2D eigenvalue weighted by Gasteiger charge is -2.29. The highest BCUT2D eigenvalue weighted by atomic mass is 35.5. The molecule has 0 aromatic heterocycles. The predicted molar refractivity (Wildman–Crippen MR) is 79.3 cm³/mol. The second-order valence-corrected chi connectivity index (χ2v) is 5.87. The summed E-state index contributed by atoms with van der Waals surface area (Å²) in [5, 5.41) is 0. The van der Waals surface area contributed by atoms with Gasteiger partial charge in [-0.2, -0.15) is 0 Å². The SMILES string of the molecule is Cc1ccc(C)c(CN2CCCCCC2CCl)c1. The second kappa shape index (κ2) is 6.58. The van der Waals surface area contributed by atoms with E-state index in [-0.39, 0.29) is 0 Å². The Bertz CT molecular complexity index is 389. The van der Waals surface area contributed by atoms with Gasteiger partial charge in [0, 0.05) is 18.5 Å². The van der Waals surface area contributed by atoms with Crippen LogP contribution < -0.4 is 0 Å². The molecule has 1 atom stereocenters. The summed E-state index contributed by atoms with van der Waals surface area (Å²) in [5.74, 6) is 0.769. The van der Waals surface area contributed by atoms with Crippen molar-refractivity contribution in [3.63, 3.8) is 0 Å². The van der Waals surface area contributed by atoms with Crippen LogP contribution in [0.15, 0.2) is 18.2 Å². The molecule has 0 saturated carbocycles. The van der Waals surface area contributed by atoms with Crippen LogP contribution in [0.25, 0.3) is 0 Å². The molecule has 1 aromatic carbocycles. The first-order valence-corrected chi connectivity index (χ1v) is 7.60. The first-order valence-electron chi connectivity index (χ1n) is 7.07. The zero-order valence-corrected chi connectivity index (χ0v) is 12.3. The van der Waals surface area contributed by atoms with Crippen molar-refractivity contribution in [3.8, 4) is 0 Å². The molecular formula is C16H24ClN. The third-order valence-electron chi connectivity index (χ3n) is 4.06. The van der Waals surface area contributed by atoms with Crippen LogP contribution in [-0.4, -0.2) is 23.4 Å². The van der Waals surface area contributed by atoms with Gasteiger partial charge in [-0.1, -0.05) is 36.6 Å². The molecule has 1 heterocycles. The molecule has 1 aromatic rings. The fourth-order valence-electron chi connectivity index (χ4n) is 2.81. The molecule has 0 radical (unpaired) electrons. The Morgan fingerprint density at radius 3 is 2.83 bits per heavy atom. The van der Waals surface area contributed by atoms with Crippen LogP contribution in [0.5, 0.6) is 0 Å². The van der Waals surface area contributed by atoms with Gasteiger partial charge in [0.05, 0.1) is 0 Å². The average molecular weight is 266 g/mol. The van der Waals surface area contributed by atoms with E-state index in [2.05, 4.69) is 36.9 Å². The summed E-state index contributed by atoms with van der Waals surface area (Å²) in [6.45, 7) is 6.64. The number of hydrogen-bond acceptors (Lipinski definition) is 1. The summed E-state index contributed by atoms with van der Waals surface area (Å²) >= 11 is 6.14. The minimum absolute atomic E-state index is 0.564. The van der Waals surface area contributed by atoms with E-state index in [4.69, 9.17) is 11.6 Å². The molecule has 1 aliphatic rings. The minimum Gasteiger partial charge on any atom is -0.295 e. The number of benzene rings is 1. The van der Waals surface area contributed by atoms with E-state index >= 15 is 0 Å². The summed E-state index contributed by atoms with van der Waals surface area (Å²) in [6, 6.07) is 7.32. The highest BCUT2D eigenvalue weighted by Crippen LogP contribution is 2.22. The van der Waals surface area contributed by atoms with Crippen LogP contribution in [0.1, 0.15) is 42.4 Å². The van der Waals surface area contributed by atoms with Crippen LogP contribution in [0.2, 0.25) is 0 Å². The predicted octanol–water partition coefficient (Wildman–Crippen LogP) is 4.29. The van der Waals surface area contributed by atoms with Gasteiger partial charge in [-0.05, 0) is 44.4 Å². The molecule has 1 fully saturated rings. The van der Waals surface area contributed by atoms with Gasteiger partial charge in [0.1, 0.15) is 0 Å². The van der Waals surface area contributed by atoms with Gasteiger partial charge in [-0.25, -0.2) is 0 Å². The van der Waals surface area contributed by atoms with Gasteiger partial charge >= 0.3 is 0 Å². The molecule has 1 nitrogen and oxygen atoms in total.